The molecule has 0 aromatic rings. The Hall–Kier alpha value is 1.45. The van der Waals surface area contributed by atoms with Crippen LogP contribution in [0.15, 0.2) is 0 Å². The van der Waals surface area contributed by atoms with Gasteiger partial charge in [-0.1, -0.05) is 0 Å². The average Bonchev–Trinajstić information content (AvgIpc) is 1.61. The van der Waals surface area contributed by atoms with Gasteiger partial charge < -0.3 is 7.58 Å². The molecule has 0 saturated carbocycles. The molecule has 0 fully saturated rings. The summed E-state index contributed by atoms with van der Waals surface area (Å²) in [4.78, 5) is 0. The van der Waals surface area contributed by atoms with Gasteiger partial charge in [0.1, 0.15) is 0 Å². The molecule has 4 heteroatoms. The molecule has 0 aromatic heterocycles. The van der Waals surface area contributed by atoms with Crippen LogP contribution in [-0.2, 0) is 7.58 Å². The van der Waals surface area contributed by atoms with E-state index < -0.39 is 0 Å². The van der Waals surface area contributed by atoms with E-state index in [4.69, 9.17) is 3.79 Å². The van der Waals surface area contributed by atoms with E-state index in [0.717, 1.165) is 6.61 Å². The van der Waals surface area contributed by atoms with Crippen molar-refractivity contribution in [2.75, 3.05) is 13.7 Å². The van der Waals surface area contributed by atoms with Gasteiger partial charge in [0.05, 0.1) is 0 Å². The molecule has 0 bridgehead atoms. The summed E-state index contributed by atoms with van der Waals surface area (Å²) in [6.45, 7) is 2.72. The zero-order valence-electron chi connectivity index (χ0n) is 4.10. The van der Waals surface area contributed by atoms with Gasteiger partial charge in [-0.15, -0.1) is 0 Å². The molecule has 0 aromatic carbocycles. The second-order valence-electron chi connectivity index (χ2n) is 0.787. The molecule has 0 heterocycles. The third kappa shape index (κ3) is 11.2. The van der Waals surface area contributed by atoms with E-state index in [0.29, 0.717) is 0 Å². The molecule has 0 aliphatic carbocycles. The van der Waals surface area contributed by atoms with Crippen molar-refractivity contribution in [2.24, 2.45) is 0 Å². The molecule has 0 aliphatic heterocycles. The molecular formula is C3H9AlNaO2. The first-order valence-electron chi connectivity index (χ1n) is 1.88. The quantitative estimate of drug-likeness (QED) is 0.378. The molecule has 2 nitrogen and oxygen atoms in total. The second kappa shape index (κ2) is 10.4. The van der Waals surface area contributed by atoms with Crippen molar-refractivity contribution in [2.45, 2.75) is 6.92 Å². The van der Waals surface area contributed by atoms with Gasteiger partial charge in [0.25, 0.3) is 0 Å². The Labute approximate surface area is 73.2 Å². The normalized spacial score (nSPS) is 7.14. The Balaban J connectivity index is 0. The molecule has 0 aliphatic rings. The van der Waals surface area contributed by atoms with Gasteiger partial charge in [0, 0.05) is 13.7 Å². The van der Waals surface area contributed by atoms with Crippen molar-refractivity contribution in [1.82, 2.24) is 0 Å². The summed E-state index contributed by atoms with van der Waals surface area (Å²) in [5.74, 6) is 0. The standard InChI is InChI=1S/C2H5O.CH3O.Al.Na.H/c1-2-3;1-2;;;/h2H2,1H3;1H3;;;/q2*-1;+2;;. The third-order valence-corrected chi connectivity index (χ3v) is 0.993. The Morgan fingerprint density at radius 3 is 2.29 bits per heavy atom. The maximum absolute atomic E-state index is 4.84. The molecule has 0 atom stereocenters. The predicted molar refractivity (Wildman–Crippen MR) is 31.5 cm³/mol. The van der Waals surface area contributed by atoms with Gasteiger partial charge in [-0.3, -0.25) is 0 Å². The molecule has 37 valence electrons. The molecule has 0 N–H and O–H groups in total. The van der Waals surface area contributed by atoms with Crippen molar-refractivity contribution in [3.8, 4) is 0 Å². The third-order valence-electron chi connectivity index (χ3n) is 0.331. The van der Waals surface area contributed by atoms with Gasteiger partial charge >= 0.3 is 45.4 Å². The molecule has 0 amide bonds. The van der Waals surface area contributed by atoms with E-state index in [1.54, 1.807) is 7.11 Å². The predicted octanol–water partition coefficient (Wildman–Crippen LogP) is -0.445. The van der Waals surface area contributed by atoms with Crippen LogP contribution in [0.5, 0.6) is 0 Å². The zero-order chi connectivity index (χ0) is 4.83. The van der Waals surface area contributed by atoms with Gasteiger partial charge in [0.2, 0.25) is 0 Å². The summed E-state index contributed by atoms with van der Waals surface area (Å²) in [6.07, 6.45) is 0. The van der Waals surface area contributed by atoms with Crippen LogP contribution in [0.4, 0.5) is 0 Å². The van der Waals surface area contributed by atoms with E-state index in [-0.39, 0.29) is 45.4 Å². The molecule has 0 rings (SSSR count). The van der Waals surface area contributed by atoms with Crippen LogP contribution in [0.2, 0.25) is 0 Å². The molecule has 0 saturated heterocycles. The molecule has 1 radical (unpaired) electrons. The number of rotatable bonds is 3. The summed E-state index contributed by atoms with van der Waals surface area (Å²) in [6, 6.07) is 0. The van der Waals surface area contributed by atoms with E-state index in [2.05, 4.69) is 3.79 Å². The Bertz CT molecular complexity index is 24.9. The summed E-state index contributed by atoms with van der Waals surface area (Å²) in [5.41, 5.74) is 0. The molecular weight excluding hydrogens is 118 g/mol. The first-order valence-corrected chi connectivity index (χ1v) is 2.82. The fourth-order valence-corrected chi connectivity index (χ4v) is 0.408. The minimum absolute atomic E-state index is 0. The van der Waals surface area contributed by atoms with Crippen LogP contribution in [0.3, 0.4) is 0 Å². The van der Waals surface area contributed by atoms with Crippen LogP contribution in [0, 0.1) is 0 Å². The van der Waals surface area contributed by atoms with Gasteiger partial charge in [-0.05, 0) is 6.92 Å². The monoisotopic (exact) mass is 127 g/mol. The van der Waals surface area contributed by atoms with E-state index in [9.17, 15) is 0 Å². The second-order valence-corrected chi connectivity index (χ2v) is 1.78. The molecule has 0 unspecified atom stereocenters. The van der Waals surface area contributed by atoms with Crippen LogP contribution in [0.1, 0.15) is 6.92 Å². The van der Waals surface area contributed by atoms with Crippen LogP contribution in [-0.4, -0.2) is 59.2 Å². The topological polar surface area (TPSA) is 18.5 Å². The zero-order valence-corrected chi connectivity index (χ0v) is 5.26. The fraction of sp³-hybridized carbons (Fsp3) is 1.00. The van der Waals surface area contributed by atoms with Crippen molar-refractivity contribution in [3.05, 3.63) is 0 Å². The van der Waals surface area contributed by atoms with Crippen LogP contribution in [0.25, 0.3) is 0 Å². The first-order chi connectivity index (χ1) is 2.91. The SMILES string of the molecule is CC[O][Al][O]C.[NaH]. The summed E-state index contributed by atoms with van der Waals surface area (Å²) in [5, 5.41) is 0. The minimum atomic E-state index is -0.182. The molecule has 7 heavy (non-hydrogen) atoms. The summed E-state index contributed by atoms with van der Waals surface area (Å²) < 4.78 is 9.49. The van der Waals surface area contributed by atoms with Crippen molar-refractivity contribution < 1.29 is 7.58 Å². The van der Waals surface area contributed by atoms with Crippen molar-refractivity contribution in [3.63, 3.8) is 0 Å². The van der Waals surface area contributed by atoms with Gasteiger partial charge in [-0.2, -0.15) is 0 Å². The maximum atomic E-state index is 4.84. The summed E-state index contributed by atoms with van der Waals surface area (Å²) >= 11 is -0.182. The van der Waals surface area contributed by atoms with Gasteiger partial charge in [0.15, 0.2) is 0 Å². The van der Waals surface area contributed by atoms with E-state index >= 15 is 0 Å². The van der Waals surface area contributed by atoms with Gasteiger partial charge in [-0.25, -0.2) is 0 Å². The van der Waals surface area contributed by atoms with E-state index in [1.165, 1.54) is 0 Å². The fourth-order valence-electron chi connectivity index (χ4n) is 0.136. The Morgan fingerprint density at radius 1 is 1.57 bits per heavy atom. The van der Waals surface area contributed by atoms with Crippen LogP contribution < -0.4 is 0 Å². The number of hydrogen-bond donors (Lipinski definition) is 0. The van der Waals surface area contributed by atoms with Crippen molar-refractivity contribution >= 4 is 45.4 Å². The van der Waals surface area contributed by atoms with Crippen molar-refractivity contribution in [1.29, 1.82) is 0 Å². The molecule has 0 spiro atoms. The first kappa shape index (κ1) is 11.3. The Morgan fingerprint density at radius 2 is 2.14 bits per heavy atom. The number of hydrogen-bond acceptors (Lipinski definition) is 2. The average molecular weight is 127 g/mol. The Kier molecular flexibility index (Phi) is 16.8. The van der Waals surface area contributed by atoms with Crippen LogP contribution >= 0.6 is 0 Å². The van der Waals surface area contributed by atoms with E-state index in [1.807, 2.05) is 6.92 Å². The summed E-state index contributed by atoms with van der Waals surface area (Å²) in [7, 11) is 1.64.